The third-order valence-corrected chi connectivity index (χ3v) is 3.72. The molecule has 3 aromatic rings. The van der Waals surface area contributed by atoms with Gasteiger partial charge in [-0.3, -0.25) is 9.59 Å². The van der Waals surface area contributed by atoms with Crippen LogP contribution in [-0.2, 0) is 6.54 Å². The molecule has 0 aliphatic rings. The molecule has 0 aliphatic heterocycles. The van der Waals surface area contributed by atoms with Gasteiger partial charge in [0, 0.05) is 17.8 Å². The van der Waals surface area contributed by atoms with Crippen molar-refractivity contribution in [3.63, 3.8) is 0 Å². The summed E-state index contributed by atoms with van der Waals surface area (Å²) in [5, 5.41) is 12.3. The molecule has 4 N–H and O–H groups in total. The fraction of sp³-hybridized carbons (Fsp3) is 0.0556. The molecule has 2 aromatic carbocycles. The predicted octanol–water partition coefficient (Wildman–Crippen LogP) is 2.13. The number of amides is 2. The van der Waals surface area contributed by atoms with Crippen LogP contribution in [0.15, 0.2) is 54.9 Å². The van der Waals surface area contributed by atoms with E-state index < -0.39 is 17.6 Å². The van der Waals surface area contributed by atoms with Crippen LogP contribution in [0.2, 0.25) is 0 Å². The molecule has 0 aliphatic carbocycles. The van der Waals surface area contributed by atoms with Crippen LogP contribution in [0.1, 0.15) is 26.4 Å². The number of imidazole rings is 1. The highest BCUT2D eigenvalue weighted by Gasteiger charge is 2.15. The van der Waals surface area contributed by atoms with Crippen LogP contribution in [0.4, 0.5) is 10.1 Å². The molecule has 2 amide bonds. The van der Waals surface area contributed by atoms with Gasteiger partial charge in [0.25, 0.3) is 11.8 Å². The van der Waals surface area contributed by atoms with E-state index in [4.69, 9.17) is 5.73 Å². The number of aromatic hydroxyl groups is 1. The molecule has 0 spiro atoms. The van der Waals surface area contributed by atoms with Crippen LogP contribution in [0.25, 0.3) is 0 Å². The Hall–Kier alpha value is -3.68. The number of carbonyl (C=O) groups is 2. The number of halogens is 1. The number of nitrogens with two attached hydrogens (primary N) is 1. The van der Waals surface area contributed by atoms with Gasteiger partial charge >= 0.3 is 0 Å². The van der Waals surface area contributed by atoms with Gasteiger partial charge in [-0.15, -0.1) is 0 Å². The molecule has 8 heteroatoms. The zero-order valence-electron chi connectivity index (χ0n) is 13.5. The second-order valence-corrected chi connectivity index (χ2v) is 5.57. The Bertz CT molecular complexity index is 950. The predicted molar refractivity (Wildman–Crippen MR) is 92.3 cm³/mol. The van der Waals surface area contributed by atoms with E-state index in [1.165, 1.54) is 35.2 Å². The molecular weight excluding hydrogens is 339 g/mol. The Morgan fingerprint density at radius 1 is 1.12 bits per heavy atom. The molecular formula is C18H15FN4O3. The summed E-state index contributed by atoms with van der Waals surface area (Å²) >= 11 is 0. The summed E-state index contributed by atoms with van der Waals surface area (Å²) in [6, 6.07) is 12.1. The summed E-state index contributed by atoms with van der Waals surface area (Å²) < 4.78 is 14.3. The maximum absolute atomic E-state index is 12.9. The number of aromatic nitrogens is 2. The summed E-state index contributed by atoms with van der Waals surface area (Å²) in [6.07, 6.45) is 1.32. The van der Waals surface area contributed by atoms with E-state index in [9.17, 15) is 19.1 Å². The monoisotopic (exact) mass is 354 g/mol. The zero-order valence-corrected chi connectivity index (χ0v) is 13.5. The molecule has 0 saturated heterocycles. The summed E-state index contributed by atoms with van der Waals surface area (Å²) in [5.41, 5.74) is 6.87. The first-order valence-corrected chi connectivity index (χ1v) is 7.64. The van der Waals surface area contributed by atoms with Crippen LogP contribution < -0.4 is 11.1 Å². The second-order valence-electron chi connectivity index (χ2n) is 5.57. The molecule has 0 saturated carbocycles. The number of nitrogens with zero attached hydrogens (tertiary/aromatic N) is 2. The van der Waals surface area contributed by atoms with Gasteiger partial charge in [-0.05, 0) is 42.0 Å². The Kier molecular flexibility index (Phi) is 4.66. The van der Waals surface area contributed by atoms with Crippen LogP contribution in [0.3, 0.4) is 0 Å². The van der Waals surface area contributed by atoms with Gasteiger partial charge in [-0.1, -0.05) is 12.1 Å². The fourth-order valence-corrected chi connectivity index (χ4v) is 2.44. The Morgan fingerprint density at radius 3 is 2.38 bits per heavy atom. The molecule has 26 heavy (non-hydrogen) atoms. The number of anilines is 1. The van der Waals surface area contributed by atoms with Gasteiger partial charge in [-0.25, -0.2) is 9.37 Å². The molecule has 0 unspecified atom stereocenters. The number of carbonyl (C=O) groups excluding carboxylic acids is 2. The highest BCUT2D eigenvalue weighted by molar-refractivity contribution is 6.04. The van der Waals surface area contributed by atoms with Gasteiger partial charge in [-0.2, -0.15) is 0 Å². The number of rotatable bonds is 5. The minimum Gasteiger partial charge on any atom is -0.492 e. The average molecular weight is 354 g/mol. The van der Waals surface area contributed by atoms with Crippen molar-refractivity contribution in [2.75, 3.05) is 5.32 Å². The Balaban J connectivity index is 1.70. The molecule has 3 rings (SSSR count). The van der Waals surface area contributed by atoms with Gasteiger partial charge in [0.2, 0.25) is 5.88 Å². The van der Waals surface area contributed by atoms with Crippen molar-refractivity contribution in [3.05, 3.63) is 77.5 Å². The lowest BCUT2D eigenvalue weighted by Gasteiger charge is -2.08. The maximum Gasteiger partial charge on any atom is 0.271 e. The van der Waals surface area contributed by atoms with Crippen molar-refractivity contribution >= 4 is 17.5 Å². The van der Waals surface area contributed by atoms with Crippen LogP contribution in [0.5, 0.6) is 5.88 Å². The van der Waals surface area contributed by atoms with Gasteiger partial charge in [0.1, 0.15) is 5.82 Å². The molecule has 1 heterocycles. The summed E-state index contributed by atoms with van der Waals surface area (Å²) in [5.74, 6) is -1.95. The van der Waals surface area contributed by atoms with Gasteiger partial charge in [0.05, 0.1) is 6.33 Å². The van der Waals surface area contributed by atoms with Crippen molar-refractivity contribution in [3.8, 4) is 5.88 Å². The standard InChI is InChI=1S/C18H15FN4O3/c19-13-5-3-12(4-6-13)17(25)22-14-7-1-11(2-8-14)9-23-10-21-18(26)15(23)16(20)24/h1-8,10,26H,9H2,(H2,20,24)(H,22,25). The molecule has 1 aromatic heterocycles. The van der Waals surface area contributed by atoms with E-state index >= 15 is 0 Å². The van der Waals surface area contributed by atoms with E-state index in [0.29, 0.717) is 11.3 Å². The summed E-state index contributed by atoms with van der Waals surface area (Å²) in [6.45, 7) is 0.276. The number of primary amides is 1. The third-order valence-electron chi connectivity index (χ3n) is 3.72. The van der Waals surface area contributed by atoms with E-state index in [1.54, 1.807) is 24.3 Å². The minimum absolute atomic E-state index is 0.0707. The second kappa shape index (κ2) is 7.06. The average Bonchev–Trinajstić information content (AvgIpc) is 2.97. The third kappa shape index (κ3) is 3.69. The SMILES string of the molecule is NC(=O)c1c(O)ncn1Cc1ccc(NC(=O)c2ccc(F)cc2)cc1. The van der Waals surface area contributed by atoms with E-state index in [2.05, 4.69) is 10.3 Å². The van der Waals surface area contributed by atoms with Crippen LogP contribution in [-0.4, -0.2) is 26.5 Å². The van der Waals surface area contributed by atoms with Gasteiger partial charge in [0.15, 0.2) is 5.69 Å². The first-order valence-electron chi connectivity index (χ1n) is 7.64. The number of benzene rings is 2. The minimum atomic E-state index is -0.775. The fourth-order valence-electron chi connectivity index (χ4n) is 2.44. The quantitative estimate of drug-likeness (QED) is 0.652. The van der Waals surface area contributed by atoms with Crippen molar-refractivity contribution in [1.29, 1.82) is 0 Å². The largest absolute Gasteiger partial charge is 0.492 e. The molecule has 0 bridgehead atoms. The highest BCUT2D eigenvalue weighted by atomic mass is 19.1. The van der Waals surface area contributed by atoms with Crippen LogP contribution in [0, 0.1) is 5.82 Å². The van der Waals surface area contributed by atoms with Crippen molar-refractivity contribution in [2.45, 2.75) is 6.54 Å². The first kappa shape index (κ1) is 17.2. The zero-order chi connectivity index (χ0) is 18.7. The molecule has 0 radical (unpaired) electrons. The van der Waals surface area contributed by atoms with E-state index in [1.807, 2.05) is 0 Å². The Morgan fingerprint density at radius 2 is 1.77 bits per heavy atom. The molecule has 132 valence electrons. The van der Waals surface area contributed by atoms with Crippen molar-refractivity contribution < 1.29 is 19.1 Å². The first-order chi connectivity index (χ1) is 12.4. The number of nitrogens with one attached hydrogen (secondary N) is 1. The molecule has 0 atom stereocenters. The van der Waals surface area contributed by atoms with Crippen molar-refractivity contribution in [2.24, 2.45) is 5.73 Å². The van der Waals surface area contributed by atoms with E-state index in [0.717, 1.165) is 5.56 Å². The number of hydrogen-bond acceptors (Lipinski definition) is 4. The molecule has 0 fully saturated rings. The normalized spacial score (nSPS) is 10.5. The lowest BCUT2D eigenvalue weighted by atomic mass is 10.1. The lowest BCUT2D eigenvalue weighted by Crippen LogP contribution is -2.17. The Labute approximate surface area is 147 Å². The lowest BCUT2D eigenvalue weighted by molar-refractivity contribution is 0.0987. The van der Waals surface area contributed by atoms with Crippen molar-refractivity contribution in [1.82, 2.24) is 9.55 Å². The molecule has 7 nitrogen and oxygen atoms in total. The smallest absolute Gasteiger partial charge is 0.271 e. The summed E-state index contributed by atoms with van der Waals surface area (Å²) in [7, 11) is 0. The maximum atomic E-state index is 12.9. The van der Waals surface area contributed by atoms with Gasteiger partial charge < -0.3 is 20.7 Å². The topological polar surface area (TPSA) is 110 Å². The van der Waals surface area contributed by atoms with E-state index in [-0.39, 0.29) is 18.1 Å². The number of hydrogen-bond donors (Lipinski definition) is 3. The summed E-state index contributed by atoms with van der Waals surface area (Å²) in [4.78, 5) is 27.1. The van der Waals surface area contributed by atoms with Crippen LogP contribution >= 0.6 is 0 Å². The highest BCUT2D eigenvalue weighted by Crippen LogP contribution is 2.17.